The van der Waals surface area contributed by atoms with Crippen molar-refractivity contribution in [1.82, 2.24) is 9.80 Å². The molecule has 0 N–H and O–H groups in total. The fourth-order valence-corrected chi connectivity index (χ4v) is 4.94. The number of carbonyl (C=O) groups is 2. The van der Waals surface area contributed by atoms with Gasteiger partial charge >= 0.3 is 0 Å². The molecular weight excluding hydrogens is 360 g/mol. The summed E-state index contributed by atoms with van der Waals surface area (Å²) in [5.41, 5.74) is 1.35. The van der Waals surface area contributed by atoms with E-state index in [2.05, 4.69) is 17.4 Å². The van der Waals surface area contributed by atoms with Crippen molar-refractivity contribution in [2.24, 2.45) is 11.3 Å². The fraction of sp³-hybridized carbons (Fsp3) is 0.520. The number of piperazine rings is 1. The van der Waals surface area contributed by atoms with Crippen LogP contribution >= 0.6 is 0 Å². The second kappa shape index (κ2) is 8.06. The van der Waals surface area contributed by atoms with Crippen LogP contribution in [0, 0.1) is 23.7 Å². The molecule has 1 heterocycles. The van der Waals surface area contributed by atoms with Gasteiger partial charge in [-0.25, -0.2) is 0 Å². The average molecular weight is 391 g/mol. The van der Waals surface area contributed by atoms with Gasteiger partial charge in [0, 0.05) is 37.2 Å². The Morgan fingerprint density at radius 1 is 1.24 bits per heavy atom. The first-order valence-electron chi connectivity index (χ1n) is 10.8. The molecule has 152 valence electrons. The molecule has 1 unspecified atom stereocenters. The Bertz CT molecular complexity index is 845. The molecule has 1 aliphatic heterocycles. The van der Waals surface area contributed by atoms with Crippen molar-refractivity contribution < 1.29 is 9.59 Å². The van der Waals surface area contributed by atoms with Gasteiger partial charge in [0.15, 0.2) is 0 Å². The normalized spacial score (nSPS) is 23.5. The molecule has 2 amide bonds. The smallest absolute Gasteiger partial charge is 0.254 e. The standard InChI is InChI=1S/C25H30N2O2/c1-3-19-8-5-11-21(16-19)24(29)26-14-15-27(22(18-26)20-9-6-10-20)23(28)17-25(4-2)12-7-13-25/h1,4-5,8,11,16,20,22H,2,6-7,9-10,12-15,17-18H2. The Kier molecular flexibility index (Phi) is 5.50. The van der Waals surface area contributed by atoms with E-state index < -0.39 is 0 Å². The predicted octanol–water partition coefficient (Wildman–Crippen LogP) is 3.87. The Morgan fingerprint density at radius 3 is 2.62 bits per heavy atom. The molecule has 1 aromatic carbocycles. The van der Waals surface area contributed by atoms with E-state index in [4.69, 9.17) is 6.42 Å². The Balaban J connectivity index is 1.48. The summed E-state index contributed by atoms with van der Waals surface area (Å²) in [5, 5.41) is 0. The Labute approximate surface area is 174 Å². The zero-order valence-corrected chi connectivity index (χ0v) is 17.1. The molecule has 4 nitrogen and oxygen atoms in total. The minimum Gasteiger partial charge on any atom is -0.336 e. The second-order valence-corrected chi connectivity index (χ2v) is 8.92. The molecule has 1 atom stereocenters. The number of terminal acetylenes is 1. The largest absolute Gasteiger partial charge is 0.336 e. The highest BCUT2D eigenvalue weighted by molar-refractivity contribution is 5.94. The average Bonchev–Trinajstić information content (AvgIpc) is 2.68. The van der Waals surface area contributed by atoms with E-state index in [9.17, 15) is 9.59 Å². The third-order valence-corrected chi connectivity index (χ3v) is 7.28. The monoisotopic (exact) mass is 390 g/mol. The summed E-state index contributed by atoms with van der Waals surface area (Å²) in [6, 6.07) is 7.40. The highest BCUT2D eigenvalue weighted by Crippen LogP contribution is 2.46. The third-order valence-electron chi connectivity index (χ3n) is 7.28. The number of hydrogen-bond acceptors (Lipinski definition) is 2. The molecule has 0 radical (unpaired) electrons. The first-order chi connectivity index (χ1) is 14.0. The van der Waals surface area contributed by atoms with Gasteiger partial charge in [0.2, 0.25) is 5.91 Å². The maximum absolute atomic E-state index is 13.2. The van der Waals surface area contributed by atoms with Gasteiger partial charge in [-0.2, -0.15) is 0 Å². The number of hydrogen-bond donors (Lipinski definition) is 0. The zero-order valence-electron chi connectivity index (χ0n) is 17.1. The van der Waals surface area contributed by atoms with Crippen LogP contribution in [0.15, 0.2) is 36.9 Å². The summed E-state index contributed by atoms with van der Waals surface area (Å²) in [6.07, 6.45) is 14.9. The van der Waals surface area contributed by atoms with Gasteiger partial charge in [-0.15, -0.1) is 13.0 Å². The lowest BCUT2D eigenvalue weighted by Gasteiger charge is -2.49. The first kappa shape index (κ1) is 19.8. The van der Waals surface area contributed by atoms with E-state index in [-0.39, 0.29) is 23.3 Å². The molecule has 3 fully saturated rings. The highest BCUT2D eigenvalue weighted by atomic mass is 16.2. The zero-order chi connectivity index (χ0) is 20.4. The second-order valence-electron chi connectivity index (χ2n) is 8.92. The molecule has 0 bridgehead atoms. The van der Waals surface area contributed by atoms with Crippen molar-refractivity contribution in [2.45, 2.75) is 51.0 Å². The van der Waals surface area contributed by atoms with Crippen molar-refractivity contribution in [2.75, 3.05) is 19.6 Å². The number of rotatable bonds is 5. The van der Waals surface area contributed by atoms with E-state index in [1.54, 1.807) is 6.07 Å². The van der Waals surface area contributed by atoms with Crippen molar-refractivity contribution in [1.29, 1.82) is 0 Å². The van der Waals surface area contributed by atoms with Gasteiger partial charge in [0.25, 0.3) is 5.91 Å². The van der Waals surface area contributed by atoms with Crippen LogP contribution in [-0.2, 0) is 4.79 Å². The Hall–Kier alpha value is -2.54. The molecule has 0 spiro atoms. The molecule has 4 heteroatoms. The van der Waals surface area contributed by atoms with Gasteiger partial charge in [0.1, 0.15) is 0 Å². The molecular formula is C25H30N2O2. The summed E-state index contributed by atoms with van der Waals surface area (Å²) in [6.45, 7) is 5.80. The first-order valence-corrected chi connectivity index (χ1v) is 10.8. The predicted molar refractivity (Wildman–Crippen MR) is 114 cm³/mol. The number of carbonyl (C=O) groups excluding carboxylic acids is 2. The van der Waals surface area contributed by atoms with Crippen LogP contribution in [-0.4, -0.2) is 47.3 Å². The summed E-state index contributed by atoms with van der Waals surface area (Å²) in [4.78, 5) is 30.3. The van der Waals surface area contributed by atoms with Crippen LogP contribution in [0.2, 0.25) is 0 Å². The van der Waals surface area contributed by atoms with Gasteiger partial charge < -0.3 is 9.80 Å². The van der Waals surface area contributed by atoms with E-state index in [1.165, 1.54) is 12.8 Å². The van der Waals surface area contributed by atoms with Gasteiger partial charge in [-0.1, -0.05) is 30.9 Å². The van der Waals surface area contributed by atoms with E-state index >= 15 is 0 Å². The summed E-state index contributed by atoms with van der Waals surface area (Å²) in [7, 11) is 0. The van der Waals surface area contributed by atoms with Crippen molar-refractivity contribution in [3.8, 4) is 12.3 Å². The van der Waals surface area contributed by atoms with Crippen LogP contribution in [0.25, 0.3) is 0 Å². The minimum atomic E-state index is 0.00383. The lowest BCUT2D eigenvalue weighted by atomic mass is 9.66. The quantitative estimate of drug-likeness (QED) is 0.566. The topological polar surface area (TPSA) is 40.6 Å². The molecule has 4 rings (SSSR count). The number of nitrogens with zero attached hydrogens (tertiary/aromatic N) is 2. The van der Waals surface area contributed by atoms with Crippen LogP contribution in [0.1, 0.15) is 60.9 Å². The van der Waals surface area contributed by atoms with Gasteiger partial charge in [0.05, 0.1) is 6.04 Å². The molecule has 2 saturated carbocycles. The van der Waals surface area contributed by atoms with Crippen molar-refractivity contribution in [3.05, 3.63) is 48.0 Å². The van der Waals surface area contributed by atoms with Gasteiger partial charge in [-0.05, 0) is 55.2 Å². The molecule has 1 aromatic rings. The number of amides is 2. The van der Waals surface area contributed by atoms with Crippen LogP contribution < -0.4 is 0 Å². The summed E-state index contributed by atoms with van der Waals surface area (Å²) >= 11 is 0. The maximum atomic E-state index is 13.2. The summed E-state index contributed by atoms with van der Waals surface area (Å²) < 4.78 is 0. The molecule has 0 aromatic heterocycles. The Morgan fingerprint density at radius 2 is 2.03 bits per heavy atom. The lowest BCUT2D eigenvalue weighted by Crippen LogP contribution is -2.60. The van der Waals surface area contributed by atoms with Crippen molar-refractivity contribution in [3.63, 3.8) is 0 Å². The lowest BCUT2D eigenvalue weighted by molar-refractivity contribution is -0.141. The van der Waals surface area contributed by atoms with Gasteiger partial charge in [-0.3, -0.25) is 9.59 Å². The third kappa shape index (κ3) is 3.83. The molecule has 1 saturated heterocycles. The minimum absolute atomic E-state index is 0.00383. The molecule has 3 aliphatic rings. The van der Waals surface area contributed by atoms with E-state index in [0.717, 1.165) is 31.2 Å². The number of allylic oxidation sites excluding steroid dienone is 1. The summed E-state index contributed by atoms with van der Waals surface area (Å²) in [5.74, 6) is 3.36. The van der Waals surface area contributed by atoms with Crippen LogP contribution in [0.4, 0.5) is 0 Å². The van der Waals surface area contributed by atoms with E-state index in [1.807, 2.05) is 29.2 Å². The van der Waals surface area contributed by atoms with Crippen LogP contribution in [0.3, 0.4) is 0 Å². The molecule has 29 heavy (non-hydrogen) atoms. The van der Waals surface area contributed by atoms with Crippen molar-refractivity contribution >= 4 is 11.8 Å². The van der Waals surface area contributed by atoms with Crippen LogP contribution in [0.5, 0.6) is 0 Å². The van der Waals surface area contributed by atoms with E-state index in [0.29, 0.717) is 37.5 Å². The molecule has 2 aliphatic carbocycles. The maximum Gasteiger partial charge on any atom is 0.254 e. The SMILES string of the molecule is C#Cc1cccc(C(=O)N2CCN(C(=O)CC3(C=C)CCC3)C(C3CCC3)C2)c1. The highest BCUT2D eigenvalue weighted by Gasteiger charge is 2.43. The fourth-order valence-electron chi connectivity index (χ4n) is 4.94. The number of benzene rings is 1.